The number of hydrogen-bond donors (Lipinski definition) is 0. The fraction of sp³-hybridized carbons (Fsp3) is 0.667. The number of ketones is 1. The second-order valence-electron chi connectivity index (χ2n) is 4.71. The summed E-state index contributed by atoms with van der Waals surface area (Å²) in [6.07, 6.45) is 4.36. The zero-order valence-corrected chi connectivity index (χ0v) is 10.2. The highest BCUT2D eigenvalue weighted by atomic mass is 16.1. The molecule has 0 fully saturated rings. The van der Waals surface area contributed by atoms with E-state index in [1.54, 1.807) is 4.68 Å². The number of rotatable bonds is 4. The summed E-state index contributed by atoms with van der Waals surface area (Å²) in [5.74, 6) is 0.659. The molecule has 1 aromatic heterocycles. The van der Waals surface area contributed by atoms with Gasteiger partial charge in [0.15, 0.2) is 5.78 Å². The van der Waals surface area contributed by atoms with E-state index in [0.29, 0.717) is 12.3 Å². The molecular weight excluding hydrogens is 188 g/mol. The monoisotopic (exact) mass is 208 g/mol. The zero-order chi connectivity index (χ0) is 11.6. The Morgan fingerprint density at radius 2 is 2.13 bits per heavy atom. The lowest BCUT2D eigenvalue weighted by atomic mass is 9.97. The SMILES string of the molecule is CCC(=O)C(C)(C)n1cc(C(C)C)cn1. The smallest absolute Gasteiger partial charge is 0.159 e. The van der Waals surface area contributed by atoms with Crippen LogP contribution in [0.2, 0.25) is 0 Å². The summed E-state index contributed by atoms with van der Waals surface area (Å²) < 4.78 is 1.77. The van der Waals surface area contributed by atoms with Crippen LogP contribution in [0.4, 0.5) is 0 Å². The van der Waals surface area contributed by atoms with Crippen molar-refractivity contribution in [3.63, 3.8) is 0 Å². The lowest BCUT2D eigenvalue weighted by molar-refractivity contribution is -0.126. The molecule has 1 aromatic rings. The first-order valence-corrected chi connectivity index (χ1v) is 5.48. The average Bonchev–Trinajstić information content (AvgIpc) is 2.65. The number of carbonyl (C=O) groups is 1. The highest BCUT2D eigenvalue weighted by Crippen LogP contribution is 2.20. The van der Waals surface area contributed by atoms with Crippen molar-refractivity contribution in [3.8, 4) is 0 Å². The quantitative estimate of drug-likeness (QED) is 0.762. The molecule has 0 unspecified atom stereocenters. The van der Waals surface area contributed by atoms with Crippen LogP contribution >= 0.6 is 0 Å². The minimum Gasteiger partial charge on any atom is -0.297 e. The molecule has 0 atom stereocenters. The molecule has 1 heterocycles. The van der Waals surface area contributed by atoms with Gasteiger partial charge in [-0.2, -0.15) is 5.10 Å². The Morgan fingerprint density at radius 1 is 1.53 bits per heavy atom. The van der Waals surface area contributed by atoms with E-state index in [9.17, 15) is 4.79 Å². The van der Waals surface area contributed by atoms with Crippen molar-refractivity contribution in [2.45, 2.75) is 52.5 Å². The summed E-state index contributed by atoms with van der Waals surface area (Å²) in [6.45, 7) is 9.95. The standard InChI is InChI=1S/C12H20N2O/c1-6-11(15)12(4,5)14-8-10(7-13-14)9(2)3/h7-9H,6H2,1-5H3. The zero-order valence-electron chi connectivity index (χ0n) is 10.2. The van der Waals surface area contributed by atoms with Crippen LogP contribution in [0.1, 0.15) is 52.5 Å². The van der Waals surface area contributed by atoms with Gasteiger partial charge in [-0.05, 0) is 25.3 Å². The Labute approximate surface area is 91.5 Å². The normalized spacial score (nSPS) is 12.1. The van der Waals surface area contributed by atoms with E-state index in [2.05, 4.69) is 18.9 Å². The third kappa shape index (κ3) is 2.28. The topological polar surface area (TPSA) is 34.9 Å². The van der Waals surface area contributed by atoms with E-state index in [4.69, 9.17) is 0 Å². The molecule has 0 saturated carbocycles. The van der Waals surface area contributed by atoms with Gasteiger partial charge in [-0.15, -0.1) is 0 Å². The molecule has 15 heavy (non-hydrogen) atoms. The highest BCUT2D eigenvalue weighted by Gasteiger charge is 2.28. The molecule has 0 aromatic carbocycles. The lowest BCUT2D eigenvalue weighted by Crippen LogP contribution is -2.35. The van der Waals surface area contributed by atoms with Crippen LogP contribution in [0.25, 0.3) is 0 Å². The molecule has 0 aliphatic heterocycles. The van der Waals surface area contributed by atoms with Gasteiger partial charge in [-0.3, -0.25) is 9.48 Å². The molecule has 0 aliphatic rings. The van der Waals surface area contributed by atoms with Gasteiger partial charge >= 0.3 is 0 Å². The molecule has 0 N–H and O–H groups in total. The number of Topliss-reactive ketones (excluding diaryl/α,β-unsaturated/α-hetero) is 1. The van der Waals surface area contributed by atoms with Crippen molar-refractivity contribution >= 4 is 5.78 Å². The van der Waals surface area contributed by atoms with Crippen LogP contribution in [0.5, 0.6) is 0 Å². The van der Waals surface area contributed by atoms with Gasteiger partial charge < -0.3 is 0 Å². The van der Waals surface area contributed by atoms with Crippen molar-refractivity contribution in [3.05, 3.63) is 18.0 Å². The summed E-state index contributed by atoms with van der Waals surface area (Å²) in [7, 11) is 0. The van der Waals surface area contributed by atoms with Crippen LogP contribution in [0, 0.1) is 0 Å². The second-order valence-corrected chi connectivity index (χ2v) is 4.71. The van der Waals surface area contributed by atoms with Gasteiger partial charge in [0, 0.05) is 12.6 Å². The maximum atomic E-state index is 11.8. The molecule has 0 saturated heterocycles. The minimum atomic E-state index is -0.526. The molecule has 3 nitrogen and oxygen atoms in total. The molecule has 0 bridgehead atoms. The first-order valence-electron chi connectivity index (χ1n) is 5.48. The fourth-order valence-corrected chi connectivity index (χ4v) is 1.50. The van der Waals surface area contributed by atoms with E-state index in [-0.39, 0.29) is 5.78 Å². The van der Waals surface area contributed by atoms with E-state index >= 15 is 0 Å². The van der Waals surface area contributed by atoms with Crippen molar-refractivity contribution in [2.24, 2.45) is 0 Å². The van der Waals surface area contributed by atoms with Crippen LogP contribution in [0.3, 0.4) is 0 Å². The van der Waals surface area contributed by atoms with Crippen LogP contribution < -0.4 is 0 Å². The molecular formula is C12H20N2O. The highest BCUT2D eigenvalue weighted by molar-refractivity contribution is 5.85. The van der Waals surface area contributed by atoms with Gasteiger partial charge in [0.1, 0.15) is 5.54 Å². The molecule has 0 spiro atoms. The van der Waals surface area contributed by atoms with Gasteiger partial charge in [-0.25, -0.2) is 0 Å². The lowest BCUT2D eigenvalue weighted by Gasteiger charge is -2.23. The summed E-state index contributed by atoms with van der Waals surface area (Å²) in [5, 5.41) is 4.27. The van der Waals surface area contributed by atoms with E-state index < -0.39 is 5.54 Å². The van der Waals surface area contributed by atoms with Crippen molar-refractivity contribution in [2.75, 3.05) is 0 Å². The van der Waals surface area contributed by atoms with Gasteiger partial charge in [0.25, 0.3) is 0 Å². The Kier molecular flexibility index (Phi) is 3.32. The molecule has 0 aliphatic carbocycles. The van der Waals surface area contributed by atoms with Crippen molar-refractivity contribution in [1.29, 1.82) is 0 Å². The largest absolute Gasteiger partial charge is 0.297 e. The Balaban J connectivity index is 3.00. The summed E-state index contributed by atoms with van der Waals surface area (Å²) in [4.78, 5) is 11.8. The molecule has 3 heteroatoms. The first kappa shape index (κ1) is 12.0. The first-order chi connectivity index (χ1) is 6.89. The maximum absolute atomic E-state index is 11.8. The Morgan fingerprint density at radius 3 is 2.53 bits per heavy atom. The fourth-order valence-electron chi connectivity index (χ4n) is 1.50. The van der Waals surface area contributed by atoms with Gasteiger partial charge in [-0.1, -0.05) is 20.8 Å². The van der Waals surface area contributed by atoms with Crippen molar-refractivity contribution < 1.29 is 4.79 Å². The van der Waals surface area contributed by atoms with Crippen LogP contribution in [-0.4, -0.2) is 15.6 Å². The molecule has 0 amide bonds. The van der Waals surface area contributed by atoms with Gasteiger partial charge in [0.2, 0.25) is 0 Å². The summed E-state index contributed by atoms with van der Waals surface area (Å²) >= 11 is 0. The van der Waals surface area contributed by atoms with E-state index in [1.807, 2.05) is 33.2 Å². The number of aromatic nitrogens is 2. The summed E-state index contributed by atoms with van der Waals surface area (Å²) in [5.41, 5.74) is 0.647. The van der Waals surface area contributed by atoms with E-state index in [0.717, 1.165) is 0 Å². The van der Waals surface area contributed by atoms with E-state index in [1.165, 1.54) is 5.56 Å². The third-order valence-electron chi connectivity index (χ3n) is 2.85. The average molecular weight is 208 g/mol. The minimum absolute atomic E-state index is 0.209. The second kappa shape index (κ2) is 4.17. The predicted octanol–water partition coefficient (Wildman–Crippen LogP) is 2.72. The Hall–Kier alpha value is -1.12. The maximum Gasteiger partial charge on any atom is 0.159 e. The number of nitrogens with zero attached hydrogens (tertiary/aromatic N) is 2. The van der Waals surface area contributed by atoms with Crippen LogP contribution in [-0.2, 0) is 10.3 Å². The molecule has 1 rings (SSSR count). The van der Waals surface area contributed by atoms with Crippen LogP contribution in [0.15, 0.2) is 12.4 Å². The van der Waals surface area contributed by atoms with Gasteiger partial charge in [0.05, 0.1) is 6.20 Å². The number of carbonyl (C=O) groups excluding carboxylic acids is 1. The summed E-state index contributed by atoms with van der Waals surface area (Å²) in [6, 6.07) is 0. The molecule has 84 valence electrons. The predicted molar refractivity (Wildman–Crippen MR) is 60.9 cm³/mol. The van der Waals surface area contributed by atoms with Crippen molar-refractivity contribution in [1.82, 2.24) is 9.78 Å². The third-order valence-corrected chi connectivity index (χ3v) is 2.85. The Bertz CT molecular complexity index is 350. The molecule has 0 radical (unpaired) electrons. The number of hydrogen-bond acceptors (Lipinski definition) is 2.